The highest BCUT2D eigenvalue weighted by molar-refractivity contribution is 5.26. The van der Waals surface area contributed by atoms with Crippen molar-refractivity contribution in [2.45, 2.75) is 44.7 Å². The number of rotatable bonds is 2. The molecule has 1 saturated heterocycles. The van der Waals surface area contributed by atoms with Crippen LogP contribution in [0, 0.1) is 6.92 Å². The molecule has 1 fully saturated rings. The zero-order valence-electron chi connectivity index (χ0n) is 12.0. The van der Waals surface area contributed by atoms with Crippen LogP contribution in [0.2, 0.25) is 0 Å². The Labute approximate surface area is 120 Å². The fraction of sp³-hybridized carbons (Fsp3) is 0.471. The summed E-state index contributed by atoms with van der Waals surface area (Å²) in [4.78, 5) is 10.8. The van der Waals surface area contributed by atoms with Crippen molar-refractivity contribution in [2.24, 2.45) is 0 Å². The molecule has 3 heteroatoms. The van der Waals surface area contributed by atoms with E-state index in [9.17, 15) is 0 Å². The molecule has 2 aromatic rings. The van der Waals surface area contributed by atoms with Crippen molar-refractivity contribution >= 4 is 0 Å². The van der Waals surface area contributed by atoms with Gasteiger partial charge in [-0.25, -0.2) is 4.98 Å². The van der Waals surface area contributed by atoms with E-state index in [2.05, 4.69) is 47.1 Å². The molecule has 1 N–H and O–H groups in total. The monoisotopic (exact) mass is 267 g/mol. The molecule has 4 rings (SSSR count). The van der Waals surface area contributed by atoms with Crippen molar-refractivity contribution in [1.82, 2.24) is 14.9 Å². The van der Waals surface area contributed by atoms with Crippen LogP contribution >= 0.6 is 0 Å². The SMILES string of the molecule is Cc1nc2c([nH]1)C[C@@H]1CC2CCN1Cc1ccccc1. The summed E-state index contributed by atoms with van der Waals surface area (Å²) in [6.07, 6.45) is 3.67. The summed E-state index contributed by atoms with van der Waals surface area (Å²) >= 11 is 0. The normalized spacial score (nSPS) is 25.4. The predicted molar refractivity (Wildman–Crippen MR) is 79.6 cm³/mol. The lowest BCUT2D eigenvalue weighted by molar-refractivity contribution is 0.115. The van der Waals surface area contributed by atoms with Gasteiger partial charge in [-0.2, -0.15) is 0 Å². The second kappa shape index (κ2) is 4.74. The van der Waals surface area contributed by atoms with Gasteiger partial charge in [0, 0.05) is 30.6 Å². The molecule has 1 aliphatic carbocycles. The number of piperidine rings is 1. The second-order valence-corrected chi connectivity index (χ2v) is 6.22. The third kappa shape index (κ3) is 2.06. The second-order valence-electron chi connectivity index (χ2n) is 6.22. The predicted octanol–water partition coefficient (Wildman–Crippen LogP) is 3.02. The van der Waals surface area contributed by atoms with Crippen LogP contribution in [0.15, 0.2) is 30.3 Å². The van der Waals surface area contributed by atoms with Gasteiger partial charge in [-0.3, -0.25) is 4.90 Å². The summed E-state index contributed by atoms with van der Waals surface area (Å²) in [5.74, 6) is 1.76. The lowest BCUT2D eigenvalue weighted by Gasteiger charge is -2.42. The van der Waals surface area contributed by atoms with Crippen LogP contribution in [0.3, 0.4) is 0 Å². The fourth-order valence-corrected chi connectivity index (χ4v) is 3.87. The van der Waals surface area contributed by atoms with Gasteiger partial charge in [0.15, 0.2) is 0 Å². The molecule has 0 spiro atoms. The Balaban J connectivity index is 1.56. The van der Waals surface area contributed by atoms with Crippen LogP contribution in [0.1, 0.15) is 41.5 Å². The van der Waals surface area contributed by atoms with Gasteiger partial charge in [-0.15, -0.1) is 0 Å². The van der Waals surface area contributed by atoms with E-state index in [-0.39, 0.29) is 0 Å². The van der Waals surface area contributed by atoms with Gasteiger partial charge >= 0.3 is 0 Å². The molecule has 1 unspecified atom stereocenters. The van der Waals surface area contributed by atoms with Crippen LogP contribution in [-0.2, 0) is 13.0 Å². The van der Waals surface area contributed by atoms with E-state index in [0.717, 1.165) is 18.8 Å². The van der Waals surface area contributed by atoms with Gasteiger partial charge in [-0.05, 0) is 31.9 Å². The maximum atomic E-state index is 4.71. The largest absolute Gasteiger partial charge is 0.346 e. The summed E-state index contributed by atoms with van der Waals surface area (Å²) in [6.45, 7) is 4.36. The third-order valence-electron chi connectivity index (χ3n) is 4.82. The minimum atomic E-state index is 0.681. The van der Waals surface area contributed by atoms with Crippen molar-refractivity contribution < 1.29 is 0 Å². The Morgan fingerprint density at radius 2 is 2.15 bits per heavy atom. The Morgan fingerprint density at radius 3 is 3.00 bits per heavy atom. The number of likely N-dealkylation sites (tertiary alicyclic amines) is 1. The summed E-state index contributed by atoms with van der Waals surface area (Å²) < 4.78 is 0. The lowest BCUT2D eigenvalue weighted by atomic mass is 9.80. The molecule has 2 heterocycles. The molecule has 2 atom stereocenters. The van der Waals surface area contributed by atoms with Gasteiger partial charge in [0.2, 0.25) is 0 Å². The Bertz CT molecular complexity index is 602. The molecular formula is C17H21N3. The number of hydrogen-bond acceptors (Lipinski definition) is 2. The molecule has 1 aromatic heterocycles. The highest BCUT2D eigenvalue weighted by Gasteiger charge is 2.36. The van der Waals surface area contributed by atoms with E-state index in [0.29, 0.717) is 12.0 Å². The number of benzene rings is 1. The number of nitrogens with zero attached hydrogens (tertiary/aromatic N) is 2. The van der Waals surface area contributed by atoms with E-state index >= 15 is 0 Å². The van der Waals surface area contributed by atoms with Crippen LogP contribution < -0.4 is 0 Å². The van der Waals surface area contributed by atoms with Crippen molar-refractivity contribution in [3.8, 4) is 0 Å². The van der Waals surface area contributed by atoms with Crippen LogP contribution in [0.25, 0.3) is 0 Å². The maximum absolute atomic E-state index is 4.71. The Kier molecular flexibility index (Phi) is 2.88. The molecule has 2 aliphatic rings. The fourth-order valence-electron chi connectivity index (χ4n) is 3.87. The summed E-state index contributed by atoms with van der Waals surface area (Å²) in [7, 11) is 0. The smallest absolute Gasteiger partial charge is 0.103 e. The number of aromatic nitrogens is 2. The first kappa shape index (κ1) is 12.2. The van der Waals surface area contributed by atoms with Gasteiger partial charge < -0.3 is 4.98 Å². The number of nitrogens with one attached hydrogen (secondary N) is 1. The minimum Gasteiger partial charge on any atom is -0.346 e. The van der Waals surface area contributed by atoms with E-state index in [1.165, 1.54) is 36.3 Å². The molecule has 0 saturated carbocycles. The van der Waals surface area contributed by atoms with Crippen molar-refractivity contribution in [2.75, 3.05) is 6.54 Å². The molecule has 1 aliphatic heterocycles. The molecule has 0 amide bonds. The molecule has 0 radical (unpaired) electrons. The van der Waals surface area contributed by atoms with E-state index in [1.54, 1.807) is 0 Å². The topological polar surface area (TPSA) is 31.9 Å². The average molecular weight is 267 g/mol. The van der Waals surface area contributed by atoms with Crippen LogP contribution in [0.4, 0.5) is 0 Å². The number of fused-ring (bicyclic) bond motifs is 4. The number of aromatic amines is 1. The highest BCUT2D eigenvalue weighted by Crippen LogP contribution is 2.39. The van der Waals surface area contributed by atoms with Crippen molar-refractivity contribution in [1.29, 1.82) is 0 Å². The number of aryl methyl sites for hydroxylation is 1. The number of hydrogen-bond donors (Lipinski definition) is 1. The Morgan fingerprint density at radius 1 is 1.30 bits per heavy atom. The highest BCUT2D eigenvalue weighted by atomic mass is 15.2. The quantitative estimate of drug-likeness (QED) is 0.907. The molecule has 104 valence electrons. The maximum Gasteiger partial charge on any atom is 0.103 e. The van der Waals surface area contributed by atoms with Gasteiger partial charge in [-0.1, -0.05) is 30.3 Å². The van der Waals surface area contributed by atoms with Crippen LogP contribution in [-0.4, -0.2) is 27.5 Å². The van der Waals surface area contributed by atoms with E-state index < -0.39 is 0 Å². The molecule has 1 aromatic carbocycles. The van der Waals surface area contributed by atoms with Gasteiger partial charge in [0.25, 0.3) is 0 Å². The summed E-state index contributed by atoms with van der Waals surface area (Å²) in [5, 5.41) is 0. The van der Waals surface area contributed by atoms with Crippen LogP contribution in [0.5, 0.6) is 0 Å². The van der Waals surface area contributed by atoms with Crippen molar-refractivity contribution in [3.63, 3.8) is 0 Å². The molecular weight excluding hydrogens is 246 g/mol. The molecule has 20 heavy (non-hydrogen) atoms. The minimum absolute atomic E-state index is 0.681. The average Bonchev–Trinajstić information content (AvgIpc) is 2.84. The molecule has 2 bridgehead atoms. The molecule has 3 nitrogen and oxygen atoms in total. The standard InChI is InChI=1S/C17H21N3/c1-12-18-16-10-15-9-14(17(16)19-12)7-8-20(15)11-13-5-3-2-4-6-13/h2-6,14-15H,7-11H2,1H3,(H,18,19)/t14?,15-/m0/s1. The van der Waals surface area contributed by atoms with Crippen molar-refractivity contribution in [3.05, 3.63) is 53.1 Å². The van der Waals surface area contributed by atoms with Gasteiger partial charge in [0.1, 0.15) is 5.82 Å². The first-order valence-electron chi connectivity index (χ1n) is 7.63. The van der Waals surface area contributed by atoms with E-state index in [1.807, 2.05) is 0 Å². The van der Waals surface area contributed by atoms with E-state index in [4.69, 9.17) is 4.98 Å². The summed E-state index contributed by atoms with van der Waals surface area (Å²) in [5.41, 5.74) is 4.18. The zero-order valence-corrected chi connectivity index (χ0v) is 12.0. The zero-order chi connectivity index (χ0) is 13.5. The number of imidazole rings is 1. The summed E-state index contributed by atoms with van der Waals surface area (Å²) in [6, 6.07) is 11.5. The first-order chi connectivity index (χ1) is 9.79. The van der Waals surface area contributed by atoms with Gasteiger partial charge in [0.05, 0.1) is 5.69 Å². The Hall–Kier alpha value is -1.61. The number of H-pyrrole nitrogens is 1. The third-order valence-corrected chi connectivity index (χ3v) is 4.82. The first-order valence-corrected chi connectivity index (χ1v) is 7.63. The lowest BCUT2D eigenvalue weighted by Crippen LogP contribution is -2.45.